The van der Waals surface area contributed by atoms with Crippen LogP contribution in [0.4, 0.5) is 14.5 Å². The Kier molecular flexibility index (Phi) is 5.87. The average molecular weight is 470 g/mol. The van der Waals surface area contributed by atoms with Crippen LogP contribution in [0, 0.1) is 25.2 Å². The first-order chi connectivity index (χ1) is 15.7. The lowest BCUT2D eigenvalue weighted by Crippen LogP contribution is -2.13. The maximum atomic E-state index is 13.2. The zero-order valence-electron chi connectivity index (χ0n) is 17.9. The Hall–Kier alpha value is -3.77. The van der Waals surface area contributed by atoms with E-state index in [-0.39, 0.29) is 27.6 Å². The molecule has 0 aliphatic heterocycles. The minimum absolute atomic E-state index is 0.128. The van der Waals surface area contributed by atoms with Gasteiger partial charge in [0.1, 0.15) is 22.6 Å². The first-order valence-corrected chi connectivity index (χ1v) is 10.3. The monoisotopic (exact) mass is 469 g/mol. The topological polar surface area (TPSA) is 96.7 Å². The number of benzene rings is 1. The first kappa shape index (κ1) is 22.4. The molecule has 0 saturated carbocycles. The molecule has 7 nitrogen and oxygen atoms in total. The van der Waals surface area contributed by atoms with E-state index in [1.165, 1.54) is 6.20 Å². The molecule has 33 heavy (non-hydrogen) atoms. The van der Waals surface area contributed by atoms with Crippen LogP contribution in [0.1, 0.15) is 41.9 Å². The third-order valence-electron chi connectivity index (χ3n) is 5.26. The smallest absolute Gasteiger partial charge is 0.333 e. The zero-order chi connectivity index (χ0) is 23.9. The second-order valence-electron chi connectivity index (χ2n) is 7.61. The van der Waals surface area contributed by atoms with E-state index in [0.717, 1.165) is 11.8 Å². The van der Waals surface area contributed by atoms with Crippen molar-refractivity contribution in [2.24, 2.45) is 0 Å². The third kappa shape index (κ3) is 4.17. The number of halogens is 3. The summed E-state index contributed by atoms with van der Waals surface area (Å²) in [4.78, 5) is 17.2. The summed E-state index contributed by atoms with van der Waals surface area (Å²) >= 11 is 5.88. The van der Waals surface area contributed by atoms with Crippen molar-refractivity contribution >= 4 is 28.3 Å². The maximum Gasteiger partial charge on any atom is 0.333 e. The van der Waals surface area contributed by atoms with Gasteiger partial charge in [-0.3, -0.25) is 4.79 Å². The number of fused-ring (bicyclic) bond motifs is 1. The summed E-state index contributed by atoms with van der Waals surface area (Å²) in [6, 6.07) is 8.39. The number of nitrogens with zero attached hydrogens (tertiary/aromatic N) is 4. The standard InChI is InChI=1S/C23H18ClF2N5O2/c1-11-6-15(13(3)29-17-4-5-19(24)30-18(17)8-27)22-16(7-11)20(32)12(2)21(33-22)14-9-28-31(10-14)23(25)26/h4-7,9-10,13,23,29H,1-3H3/t13-/m1/s1. The summed E-state index contributed by atoms with van der Waals surface area (Å²) in [5, 5.41) is 16.8. The number of hydrogen-bond donors (Lipinski definition) is 1. The minimum atomic E-state index is -2.81. The number of aromatic nitrogens is 3. The molecule has 0 amide bonds. The van der Waals surface area contributed by atoms with Gasteiger partial charge < -0.3 is 9.73 Å². The molecule has 3 aromatic heterocycles. The SMILES string of the molecule is Cc1cc([C@@H](C)Nc2ccc(Cl)nc2C#N)c2oc(-c3cnn(C(F)F)c3)c(C)c(=O)c2c1. The minimum Gasteiger partial charge on any atom is -0.455 e. The van der Waals surface area contributed by atoms with E-state index >= 15 is 0 Å². The quantitative estimate of drug-likeness (QED) is 0.373. The Bertz CT molecular complexity index is 1470. The van der Waals surface area contributed by atoms with Crippen molar-refractivity contribution < 1.29 is 13.2 Å². The number of rotatable bonds is 5. The molecule has 168 valence electrons. The molecular formula is C23H18ClF2N5O2. The first-order valence-electron chi connectivity index (χ1n) is 9.93. The highest BCUT2D eigenvalue weighted by molar-refractivity contribution is 6.29. The van der Waals surface area contributed by atoms with Gasteiger partial charge in [0.15, 0.2) is 11.1 Å². The third-order valence-corrected chi connectivity index (χ3v) is 5.47. The molecule has 4 rings (SSSR count). The van der Waals surface area contributed by atoms with Gasteiger partial charge in [-0.15, -0.1) is 0 Å². The van der Waals surface area contributed by atoms with Crippen molar-refractivity contribution in [3.05, 3.63) is 74.4 Å². The fourth-order valence-corrected chi connectivity index (χ4v) is 3.82. The summed E-state index contributed by atoms with van der Waals surface area (Å²) < 4.78 is 32.6. The lowest BCUT2D eigenvalue weighted by atomic mass is 9.99. The molecule has 1 N–H and O–H groups in total. The van der Waals surface area contributed by atoms with Crippen molar-refractivity contribution in [1.82, 2.24) is 14.8 Å². The molecule has 1 aromatic carbocycles. The number of hydrogen-bond acceptors (Lipinski definition) is 6. The van der Waals surface area contributed by atoms with Crippen LogP contribution in [0.15, 0.2) is 45.9 Å². The van der Waals surface area contributed by atoms with Gasteiger partial charge in [0, 0.05) is 17.3 Å². The van der Waals surface area contributed by atoms with Gasteiger partial charge in [-0.2, -0.15) is 19.1 Å². The molecule has 10 heteroatoms. The number of anilines is 1. The van der Waals surface area contributed by atoms with E-state index in [4.69, 9.17) is 16.0 Å². The van der Waals surface area contributed by atoms with E-state index < -0.39 is 12.6 Å². The highest BCUT2D eigenvalue weighted by atomic mass is 35.5. The lowest BCUT2D eigenvalue weighted by molar-refractivity contribution is 0.0566. The van der Waals surface area contributed by atoms with Gasteiger partial charge >= 0.3 is 6.55 Å². The van der Waals surface area contributed by atoms with Crippen LogP contribution in [0.5, 0.6) is 0 Å². The van der Waals surface area contributed by atoms with Crippen molar-refractivity contribution in [2.45, 2.75) is 33.4 Å². The van der Waals surface area contributed by atoms with Crippen LogP contribution in [0.3, 0.4) is 0 Å². The Balaban J connectivity index is 1.87. The molecule has 0 aliphatic carbocycles. The largest absolute Gasteiger partial charge is 0.455 e. The fraction of sp³-hybridized carbons (Fsp3) is 0.217. The van der Waals surface area contributed by atoms with Gasteiger partial charge in [-0.05, 0) is 44.5 Å². The van der Waals surface area contributed by atoms with Crippen LogP contribution < -0.4 is 10.7 Å². The van der Waals surface area contributed by atoms with Crippen LogP contribution in [0.2, 0.25) is 5.15 Å². The second kappa shape index (κ2) is 8.64. The van der Waals surface area contributed by atoms with Crippen LogP contribution in [-0.2, 0) is 0 Å². The molecule has 4 aromatic rings. The highest BCUT2D eigenvalue weighted by Crippen LogP contribution is 2.32. The Morgan fingerprint density at radius 3 is 2.70 bits per heavy atom. The fourth-order valence-electron chi connectivity index (χ4n) is 3.67. The number of nitriles is 1. The Morgan fingerprint density at radius 2 is 2.03 bits per heavy atom. The Labute approximate surface area is 192 Å². The Morgan fingerprint density at radius 1 is 1.27 bits per heavy atom. The molecule has 0 unspecified atom stereocenters. The van der Waals surface area contributed by atoms with Gasteiger partial charge in [0.2, 0.25) is 0 Å². The normalized spacial score (nSPS) is 12.2. The average Bonchev–Trinajstić information content (AvgIpc) is 3.27. The van der Waals surface area contributed by atoms with E-state index in [2.05, 4.69) is 15.4 Å². The summed E-state index contributed by atoms with van der Waals surface area (Å²) in [5.41, 5.74) is 2.71. The van der Waals surface area contributed by atoms with E-state index in [0.29, 0.717) is 32.5 Å². The molecule has 0 saturated heterocycles. The number of aryl methyl sites for hydroxylation is 1. The van der Waals surface area contributed by atoms with E-state index in [9.17, 15) is 18.8 Å². The maximum absolute atomic E-state index is 13.2. The van der Waals surface area contributed by atoms with Crippen molar-refractivity contribution in [2.75, 3.05) is 5.32 Å². The summed E-state index contributed by atoms with van der Waals surface area (Å²) in [6.45, 7) is 2.48. The predicted molar refractivity (Wildman–Crippen MR) is 120 cm³/mol. The van der Waals surface area contributed by atoms with Crippen LogP contribution in [0.25, 0.3) is 22.3 Å². The van der Waals surface area contributed by atoms with Crippen LogP contribution in [-0.4, -0.2) is 14.8 Å². The molecule has 1 atom stereocenters. The van der Waals surface area contributed by atoms with Gasteiger partial charge in [-0.1, -0.05) is 17.7 Å². The lowest BCUT2D eigenvalue weighted by Gasteiger charge is -2.19. The number of alkyl halides is 2. The molecule has 0 bridgehead atoms. The molecule has 0 radical (unpaired) electrons. The summed E-state index contributed by atoms with van der Waals surface area (Å²) in [7, 11) is 0. The molecule has 0 spiro atoms. The van der Waals surface area contributed by atoms with Crippen molar-refractivity contribution in [3.63, 3.8) is 0 Å². The molecular weight excluding hydrogens is 452 g/mol. The van der Waals surface area contributed by atoms with Gasteiger partial charge in [0.05, 0.1) is 28.9 Å². The van der Waals surface area contributed by atoms with Crippen LogP contribution >= 0.6 is 11.6 Å². The zero-order valence-corrected chi connectivity index (χ0v) is 18.6. The predicted octanol–water partition coefficient (Wildman–Crippen LogP) is 5.76. The van der Waals surface area contributed by atoms with Crippen molar-refractivity contribution in [3.8, 4) is 17.4 Å². The number of nitrogens with one attached hydrogen (secondary N) is 1. The van der Waals surface area contributed by atoms with Gasteiger partial charge in [0.25, 0.3) is 0 Å². The van der Waals surface area contributed by atoms with E-state index in [1.807, 2.05) is 26.0 Å². The van der Waals surface area contributed by atoms with E-state index in [1.54, 1.807) is 25.1 Å². The molecule has 0 fully saturated rings. The van der Waals surface area contributed by atoms with Gasteiger partial charge in [-0.25, -0.2) is 9.67 Å². The highest BCUT2D eigenvalue weighted by Gasteiger charge is 2.21. The summed E-state index contributed by atoms with van der Waals surface area (Å²) in [5.74, 6) is 0.169. The summed E-state index contributed by atoms with van der Waals surface area (Å²) in [6.07, 6.45) is 2.37. The molecule has 0 aliphatic rings. The number of pyridine rings is 1. The molecule has 3 heterocycles. The van der Waals surface area contributed by atoms with Crippen molar-refractivity contribution in [1.29, 1.82) is 5.26 Å². The second-order valence-corrected chi connectivity index (χ2v) is 8.00.